The van der Waals surface area contributed by atoms with Crippen molar-refractivity contribution in [2.75, 3.05) is 21.3 Å². The van der Waals surface area contributed by atoms with Crippen molar-refractivity contribution in [3.63, 3.8) is 0 Å². The summed E-state index contributed by atoms with van der Waals surface area (Å²) >= 11 is 22.0. The van der Waals surface area contributed by atoms with E-state index >= 15 is 0 Å². The smallest absolute Gasteiger partial charge is 0.269 e. The number of halogens is 4. The molecule has 1 aliphatic rings. The number of hydrogen-bond donors (Lipinski definition) is 4. The van der Waals surface area contributed by atoms with Crippen LogP contribution in [0.15, 0.2) is 54.8 Å². The van der Waals surface area contributed by atoms with E-state index in [9.17, 15) is 13.8 Å². The molecule has 0 fully saturated rings. The van der Waals surface area contributed by atoms with Crippen molar-refractivity contribution in [2.24, 2.45) is 22.9 Å². The molecule has 1 aliphatic heterocycles. The van der Waals surface area contributed by atoms with Gasteiger partial charge in [0.25, 0.3) is 22.0 Å². The van der Waals surface area contributed by atoms with Gasteiger partial charge in [0.1, 0.15) is 43.6 Å². The van der Waals surface area contributed by atoms with Crippen LogP contribution in [0.1, 0.15) is 62.0 Å². The number of aromatic nitrogens is 8. The average Bonchev–Trinajstić information content (AvgIpc) is 3.77. The van der Waals surface area contributed by atoms with Crippen LogP contribution in [0.2, 0.25) is 20.6 Å². The highest BCUT2D eigenvalue weighted by Gasteiger charge is 2.25. The summed E-state index contributed by atoms with van der Waals surface area (Å²) in [6.07, 6.45) is 0. The second-order valence-electron chi connectivity index (χ2n) is 14.3. The minimum Gasteiger partial charge on any atom is -0.350 e. The van der Waals surface area contributed by atoms with E-state index in [0.29, 0.717) is 28.7 Å². The third kappa shape index (κ3) is 8.69. The van der Waals surface area contributed by atoms with E-state index < -0.39 is 22.0 Å². The molecular formula is C38H36Cl4N14O3S. The van der Waals surface area contributed by atoms with E-state index in [1.165, 1.54) is 12.1 Å². The highest BCUT2D eigenvalue weighted by Crippen LogP contribution is 2.33. The molecule has 0 saturated heterocycles. The molecular weight excluding hydrogens is 874 g/mol. The molecule has 17 nitrogen and oxygen atoms in total. The molecule has 22 heteroatoms. The van der Waals surface area contributed by atoms with Gasteiger partial charge >= 0.3 is 0 Å². The fourth-order valence-corrected chi connectivity index (χ4v) is 8.20. The molecule has 7 aromatic rings. The van der Waals surface area contributed by atoms with Crippen molar-refractivity contribution in [2.45, 2.75) is 53.4 Å². The Bertz CT molecular complexity index is 2980. The van der Waals surface area contributed by atoms with Crippen LogP contribution in [0.4, 0.5) is 34.4 Å². The predicted molar refractivity (Wildman–Crippen MR) is 241 cm³/mol. The Morgan fingerprint density at radius 1 is 0.567 bits per heavy atom. The molecule has 8 rings (SSSR count). The molecule has 1 unspecified atom stereocenters. The highest BCUT2D eigenvalue weighted by molar-refractivity contribution is 7.83. The monoisotopic (exact) mass is 908 g/mol. The van der Waals surface area contributed by atoms with E-state index in [0.717, 1.165) is 38.9 Å². The van der Waals surface area contributed by atoms with Gasteiger partial charge in [0.15, 0.2) is 23.0 Å². The summed E-state index contributed by atoms with van der Waals surface area (Å²) < 4.78 is 23.5. The number of hydrogen-bond acceptors (Lipinski definition) is 13. The molecule has 1 atom stereocenters. The molecule has 310 valence electrons. The van der Waals surface area contributed by atoms with Crippen LogP contribution in [-0.2, 0) is 25.3 Å². The average molecular weight is 911 g/mol. The first-order valence-electron chi connectivity index (χ1n) is 18.2. The second kappa shape index (κ2) is 16.8. The van der Waals surface area contributed by atoms with Crippen molar-refractivity contribution < 1.29 is 4.21 Å². The number of pyridine rings is 4. The molecule has 0 aliphatic carbocycles. The lowest BCUT2D eigenvalue weighted by molar-refractivity contribution is 0.686. The van der Waals surface area contributed by atoms with Gasteiger partial charge in [-0.15, -0.1) is 8.80 Å². The van der Waals surface area contributed by atoms with Crippen LogP contribution < -0.4 is 32.1 Å². The van der Waals surface area contributed by atoms with Crippen molar-refractivity contribution in [1.82, 2.24) is 39.5 Å². The van der Waals surface area contributed by atoms with Gasteiger partial charge in [-0.3, -0.25) is 19.0 Å². The van der Waals surface area contributed by atoms with Gasteiger partial charge in [0.05, 0.1) is 11.4 Å². The van der Waals surface area contributed by atoms with Crippen molar-refractivity contribution >= 4 is 126 Å². The maximum absolute atomic E-state index is 12.2. The fourth-order valence-electron chi connectivity index (χ4n) is 6.66. The number of anilines is 6. The minimum atomic E-state index is -1.76. The molecule has 60 heavy (non-hydrogen) atoms. The standard InChI is InChI=1S/C20H18Cl2N6O2.C18H18Cl2N8OS/c1-8(2)11-7-14(26-20-15(11)9(3)27-28(20)4)25-17-16(18(29)19(17)30)23-10-5-12(21)24-13(22)6-10;1-8(2)11-7-14(24-18-15(11)9(3)25-28(18)4)23-17-16(26-30(29)27-17)21-10-5-12(19)22-13(20)6-10/h5-8H,1-4H3,(H,23,24)(H,25,26);5-8H,1-4H3,(H,21,22,26)(H,23,24,27). The molecule has 6 aromatic heterocycles. The van der Waals surface area contributed by atoms with Crippen LogP contribution in [-0.4, -0.2) is 55.4 Å². The van der Waals surface area contributed by atoms with Crippen LogP contribution in [0.5, 0.6) is 0 Å². The molecule has 7 heterocycles. The maximum Gasteiger partial charge on any atom is 0.269 e. The summed E-state index contributed by atoms with van der Waals surface area (Å²) in [7, 11) is 3.67. The number of nitrogens with one attached hydrogen (secondary N) is 4. The molecule has 0 amide bonds. The Morgan fingerprint density at radius 2 is 0.950 bits per heavy atom. The van der Waals surface area contributed by atoms with Gasteiger partial charge in [0.2, 0.25) is 0 Å². The van der Waals surface area contributed by atoms with E-state index in [1.54, 1.807) is 21.5 Å². The Balaban J connectivity index is 0.000000181. The number of fused-ring (bicyclic) bond motifs is 2. The number of aryl methyl sites for hydroxylation is 4. The van der Waals surface area contributed by atoms with E-state index in [2.05, 4.69) is 87.9 Å². The van der Waals surface area contributed by atoms with Gasteiger partial charge in [-0.2, -0.15) is 10.2 Å². The molecule has 0 spiro atoms. The van der Waals surface area contributed by atoms with Gasteiger partial charge in [0, 0.05) is 36.2 Å². The van der Waals surface area contributed by atoms with E-state index in [-0.39, 0.29) is 55.5 Å². The lowest BCUT2D eigenvalue weighted by Crippen LogP contribution is -2.36. The lowest BCUT2D eigenvalue weighted by atomic mass is 9.99. The predicted octanol–water partition coefficient (Wildman–Crippen LogP) is 8.20. The second-order valence-corrected chi connectivity index (χ2v) is 16.7. The molecule has 1 aromatic carbocycles. The molecule has 0 radical (unpaired) electrons. The van der Waals surface area contributed by atoms with Crippen LogP contribution in [0, 0.1) is 13.8 Å². The first-order valence-corrected chi connectivity index (χ1v) is 20.8. The summed E-state index contributed by atoms with van der Waals surface area (Å²) in [5.41, 5.74) is 5.38. The van der Waals surface area contributed by atoms with Gasteiger partial charge < -0.3 is 21.3 Å². The molecule has 0 bridgehead atoms. The summed E-state index contributed by atoms with van der Waals surface area (Å²) in [5.74, 6) is 2.04. The van der Waals surface area contributed by atoms with Crippen LogP contribution >= 0.6 is 46.4 Å². The zero-order chi connectivity index (χ0) is 43.3. The largest absolute Gasteiger partial charge is 0.350 e. The van der Waals surface area contributed by atoms with Crippen molar-refractivity contribution in [3.8, 4) is 0 Å². The SMILES string of the molecule is Cc1nn(C)c2nc(NC3=NS(=O)N=C3Nc3cc(Cl)nc(Cl)c3)cc(C(C)C)c12.Cc1nn(C)c2nc(Nc3c(Nc4cc(Cl)nc(Cl)c4)c(=O)c3=O)cc(C(C)C)c12. The number of nitrogens with zero attached hydrogens (tertiary/aromatic N) is 10. The Labute approximate surface area is 365 Å². The third-order valence-corrected chi connectivity index (χ3v) is 10.7. The van der Waals surface area contributed by atoms with Gasteiger partial charge in [-0.1, -0.05) is 74.1 Å². The van der Waals surface area contributed by atoms with Crippen molar-refractivity contribution in [1.29, 1.82) is 0 Å². The number of rotatable bonds is 8. The fraction of sp³-hybridized carbons (Fsp3) is 0.263. The Hall–Kier alpha value is -5.53. The lowest BCUT2D eigenvalue weighted by Gasteiger charge is -2.16. The first-order chi connectivity index (χ1) is 28.4. The van der Waals surface area contributed by atoms with Gasteiger partial charge in [-0.05, 0) is 73.2 Å². The minimum absolute atomic E-state index is 0.118. The summed E-state index contributed by atoms with van der Waals surface area (Å²) in [4.78, 5) is 41.4. The molecule has 4 N–H and O–H groups in total. The number of amidine groups is 2. The third-order valence-electron chi connectivity index (χ3n) is 9.27. The Kier molecular flexibility index (Phi) is 12.0. The quantitative estimate of drug-likeness (QED) is 0.0838. The van der Waals surface area contributed by atoms with E-state index in [4.69, 9.17) is 46.4 Å². The van der Waals surface area contributed by atoms with Gasteiger partial charge in [-0.25, -0.2) is 24.1 Å². The summed E-state index contributed by atoms with van der Waals surface area (Å²) in [6.45, 7) is 12.3. The molecule has 0 saturated carbocycles. The van der Waals surface area contributed by atoms with Crippen LogP contribution in [0.3, 0.4) is 0 Å². The van der Waals surface area contributed by atoms with Crippen LogP contribution in [0.25, 0.3) is 22.1 Å². The Morgan fingerprint density at radius 3 is 1.38 bits per heavy atom. The van der Waals surface area contributed by atoms with E-state index in [1.807, 2.05) is 40.1 Å². The highest BCUT2D eigenvalue weighted by atomic mass is 35.5. The zero-order valence-electron chi connectivity index (χ0n) is 33.2. The topological polar surface area (TPSA) is 211 Å². The maximum atomic E-state index is 12.2. The normalized spacial score (nSPS) is 13.9. The first kappa shape index (κ1) is 42.6. The zero-order valence-corrected chi connectivity index (χ0v) is 37.1. The summed E-state index contributed by atoms with van der Waals surface area (Å²) in [6, 6.07) is 10.00. The van der Waals surface area contributed by atoms with Crippen molar-refractivity contribution in [3.05, 3.63) is 100.0 Å². The summed E-state index contributed by atoms with van der Waals surface area (Å²) in [5, 5.41) is 23.8.